The fourth-order valence-electron chi connectivity index (χ4n) is 1.54. The first-order valence-corrected chi connectivity index (χ1v) is 6.95. The fourth-order valence-corrected chi connectivity index (χ4v) is 2.47. The lowest BCUT2D eigenvalue weighted by Crippen LogP contribution is -2.25. The molecule has 1 aromatic carbocycles. The number of amides is 1. The van der Waals surface area contributed by atoms with Crippen LogP contribution in [0.1, 0.15) is 13.8 Å². The number of aliphatic carboxylic acids is 1. The molecule has 0 saturated heterocycles. The summed E-state index contributed by atoms with van der Waals surface area (Å²) in [5.74, 6) is -3.32. The number of carboxylic acids is 1. The van der Waals surface area contributed by atoms with Crippen LogP contribution in [0.3, 0.4) is 0 Å². The van der Waals surface area contributed by atoms with Crippen molar-refractivity contribution in [3.05, 3.63) is 29.8 Å². The summed E-state index contributed by atoms with van der Waals surface area (Å²) in [5.41, 5.74) is 0.00419. The smallest absolute Gasteiger partial charge is 0.316 e. The molecule has 0 bridgehead atoms. The standard InChI is InChI=1S/C13H15F2NO3S/c1-7(2)12(13(18)19)20-6-11(17)16-10-4-8(14)3-9(15)5-10/h3-5,7,12H,6H2,1-2H3,(H,16,17)(H,18,19). The maximum absolute atomic E-state index is 12.9. The number of carbonyl (C=O) groups is 2. The predicted octanol–water partition coefficient (Wildman–Crippen LogP) is 2.75. The van der Waals surface area contributed by atoms with Gasteiger partial charge < -0.3 is 10.4 Å². The van der Waals surface area contributed by atoms with E-state index >= 15 is 0 Å². The second-order valence-electron chi connectivity index (χ2n) is 4.52. The first-order chi connectivity index (χ1) is 9.29. The van der Waals surface area contributed by atoms with Crippen LogP contribution in [0, 0.1) is 17.6 Å². The minimum Gasteiger partial charge on any atom is -0.480 e. The molecule has 1 amide bonds. The molecule has 0 spiro atoms. The highest BCUT2D eigenvalue weighted by Crippen LogP contribution is 2.20. The summed E-state index contributed by atoms with van der Waals surface area (Å²) >= 11 is 0.974. The van der Waals surface area contributed by atoms with Gasteiger partial charge in [-0.3, -0.25) is 9.59 Å². The summed E-state index contributed by atoms with van der Waals surface area (Å²) < 4.78 is 25.9. The number of hydrogen-bond acceptors (Lipinski definition) is 3. The maximum Gasteiger partial charge on any atom is 0.316 e. The van der Waals surface area contributed by atoms with E-state index in [9.17, 15) is 18.4 Å². The van der Waals surface area contributed by atoms with Crippen LogP contribution >= 0.6 is 11.8 Å². The zero-order chi connectivity index (χ0) is 15.3. The molecule has 0 saturated carbocycles. The summed E-state index contributed by atoms with van der Waals surface area (Å²) in [5, 5.41) is 10.6. The average molecular weight is 303 g/mol. The van der Waals surface area contributed by atoms with Gasteiger partial charge in [0.15, 0.2) is 0 Å². The van der Waals surface area contributed by atoms with E-state index in [4.69, 9.17) is 5.11 Å². The van der Waals surface area contributed by atoms with Crippen LogP contribution in [0.2, 0.25) is 0 Å². The zero-order valence-corrected chi connectivity index (χ0v) is 11.8. The van der Waals surface area contributed by atoms with Crippen molar-refractivity contribution in [2.24, 2.45) is 5.92 Å². The van der Waals surface area contributed by atoms with Crippen LogP contribution in [-0.4, -0.2) is 28.0 Å². The van der Waals surface area contributed by atoms with Crippen molar-refractivity contribution in [1.29, 1.82) is 0 Å². The number of carbonyl (C=O) groups excluding carboxylic acids is 1. The van der Waals surface area contributed by atoms with Crippen LogP contribution in [0.25, 0.3) is 0 Å². The van der Waals surface area contributed by atoms with E-state index in [1.807, 2.05) is 0 Å². The number of halogens is 2. The molecule has 1 aromatic rings. The van der Waals surface area contributed by atoms with Gasteiger partial charge >= 0.3 is 5.97 Å². The Bertz CT molecular complexity index is 488. The lowest BCUT2D eigenvalue weighted by molar-refractivity contribution is -0.137. The molecular formula is C13H15F2NO3S. The summed E-state index contributed by atoms with van der Waals surface area (Å²) in [7, 11) is 0. The van der Waals surface area contributed by atoms with E-state index in [-0.39, 0.29) is 17.4 Å². The van der Waals surface area contributed by atoms with E-state index in [1.54, 1.807) is 13.8 Å². The number of benzene rings is 1. The van der Waals surface area contributed by atoms with Gasteiger partial charge in [0, 0.05) is 11.8 Å². The van der Waals surface area contributed by atoms with Gasteiger partial charge in [-0.15, -0.1) is 11.8 Å². The quantitative estimate of drug-likeness (QED) is 0.848. The Kier molecular flexibility index (Phi) is 5.94. The number of carboxylic acid groups (broad SMARTS) is 1. The summed E-state index contributed by atoms with van der Waals surface area (Å²) in [4.78, 5) is 22.6. The van der Waals surface area contributed by atoms with E-state index in [2.05, 4.69) is 5.32 Å². The van der Waals surface area contributed by atoms with Crippen LogP contribution < -0.4 is 5.32 Å². The first-order valence-electron chi connectivity index (χ1n) is 5.90. The third-order valence-electron chi connectivity index (χ3n) is 2.39. The lowest BCUT2D eigenvalue weighted by Gasteiger charge is -2.15. The maximum atomic E-state index is 12.9. The van der Waals surface area contributed by atoms with Crippen LogP contribution in [0.5, 0.6) is 0 Å². The number of anilines is 1. The predicted molar refractivity (Wildman–Crippen MR) is 73.7 cm³/mol. The molecular weight excluding hydrogens is 288 g/mol. The minimum atomic E-state index is -0.991. The van der Waals surface area contributed by atoms with Gasteiger partial charge in [-0.05, 0) is 18.1 Å². The number of hydrogen-bond donors (Lipinski definition) is 2. The van der Waals surface area contributed by atoms with Gasteiger partial charge in [0.25, 0.3) is 0 Å². The average Bonchev–Trinajstić information content (AvgIpc) is 2.26. The molecule has 1 unspecified atom stereocenters. The van der Waals surface area contributed by atoms with Crippen molar-refractivity contribution in [2.75, 3.05) is 11.1 Å². The fraction of sp³-hybridized carbons (Fsp3) is 0.385. The topological polar surface area (TPSA) is 66.4 Å². The van der Waals surface area contributed by atoms with E-state index < -0.39 is 28.8 Å². The van der Waals surface area contributed by atoms with Crippen LogP contribution in [-0.2, 0) is 9.59 Å². The van der Waals surface area contributed by atoms with Crippen LogP contribution in [0.15, 0.2) is 18.2 Å². The highest BCUT2D eigenvalue weighted by atomic mass is 32.2. The second kappa shape index (κ2) is 7.23. The molecule has 1 atom stereocenters. The zero-order valence-electron chi connectivity index (χ0n) is 11.0. The van der Waals surface area contributed by atoms with Gasteiger partial charge in [0.1, 0.15) is 16.9 Å². The van der Waals surface area contributed by atoms with Crippen molar-refractivity contribution in [1.82, 2.24) is 0 Å². The molecule has 0 aliphatic carbocycles. The number of nitrogens with one attached hydrogen (secondary N) is 1. The van der Waals surface area contributed by atoms with Crippen molar-refractivity contribution in [2.45, 2.75) is 19.1 Å². The Hall–Kier alpha value is -1.63. The van der Waals surface area contributed by atoms with Gasteiger partial charge in [-0.1, -0.05) is 13.8 Å². The molecule has 20 heavy (non-hydrogen) atoms. The van der Waals surface area contributed by atoms with Crippen molar-refractivity contribution < 1.29 is 23.5 Å². The highest BCUT2D eigenvalue weighted by Gasteiger charge is 2.22. The molecule has 0 heterocycles. The molecule has 1 rings (SSSR count). The normalized spacial score (nSPS) is 12.2. The SMILES string of the molecule is CC(C)C(SCC(=O)Nc1cc(F)cc(F)c1)C(=O)O. The molecule has 0 aromatic heterocycles. The Labute approximate surface area is 119 Å². The molecule has 110 valence electrons. The number of thioether (sulfide) groups is 1. The summed E-state index contributed by atoms with van der Waals surface area (Å²) in [6.45, 7) is 3.48. The Balaban J connectivity index is 2.57. The molecule has 0 aliphatic rings. The van der Waals surface area contributed by atoms with E-state index in [0.29, 0.717) is 6.07 Å². The van der Waals surface area contributed by atoms with Gasteiger partial charge in [-0.25, -0.2) is 8.78 Å². The molecule has 7 heteroatoms. The Morgan fingerprint density at radius 3 is 2.25 bits per heavy atom. The molecule has 4 nitrogen and oxygen atoms in total. The minimum absolute atomic E-state index is 0.00419. The number of rotatable bonds is 6. The Morgan fingerprint density at radius 2 is 1.80 bits per heavy atom. The summed E-state index contributed by atoms with van der Waals surface area (Å²) in [6, 6.07) is 2.68. The summed E-state index contributed by atoms with van der Waals surface area (Å²) in [6.07, 6.45) is 0. The van der Waals surface area contributed by atoms with E-state index in [1.165, 1.54) is 0 Å². The molecule has 0 radical (unpaired) electrons. The van der Waals surface area contributed by atoms with Crippen molar-refractivity contribution in [3.8, 4) is 0 Å². The van der Waals surface area contributed by atoms with Crippen LogP contribution in [0.4, 0.5) is 14.5 Å². The van der Waals surface area contributed by atoms with Gasteiger partial charge in [0.2, 0.25) is 5.91 Å². The van der Waals surface area contributed by atoms with Crippen molar-refractivity contribution in [3.63, 3.8) is 0 Å². The molecule has 0 fully saturated rings. The third-order valence-corrected chi connectivity index (χ3v) is 3.92. The molecule has 2 N–H and O–H groups in total. The Morgan fingerprint density at radius 1 is 1.25 bits per heavy atom. The van der Waals surface area contributed by atoms with Gasteiger partial charge in [-0.2, -0.15) is 0 Å². The lowest BCUT2D eigenvalue weighted by atomic mass is 10.1. The third kappa shape index (κ3) is 5.16. The largest absolute Gasteiger partial charge is 0.480 e. The monoisotopic (exact) mass is 303 g/mol. The van der Waals surface area contributed by atoms with Crippen molar-refractivity contribution >= 4 is 29.3 Å². The molecule has 0 aliphatic heterocycles. The second-order valence-corrected chi connectivity index (χ2v) is 5.65. The van der Waals surface area contributed by atoms with Gasteiger partial charge in [0.05, 0.1) is 5.75 Å². The van der Waals surface area contributed by atoms with E-state index in [0.717, 1.165) is 23.9 Å². The first kappa shape index (κ1) is 16.4. The highest BCUT2D eigenvalue weighted by molar-refractivity contribution is 8.01.